The first-order valence-corrected chi connectivity index (χ1v) is 11.2. The molecule has 2 unspecified atom stereocenters. The highest BCUT2D eigenvalue weighted by Gasteiger charge is 2.26. The minimum absolute atomic E-state index is 0.174. The third kappa shape index (κ3) is 5.92. The number of hydrogen-bond acceptors (Lipinski definition) is 3. The van der Waals surface area contributed by atoms with Gasteiger partial charge in [0.15, 0.2) is 0 Å². The van der Waals surface area contributed by atoms with E-state index >= 15 is 0 Å². The van der Waals surface area contributed by atoms with Gasteiger partial charge in [-0.2, -0.15) is 5.26 Å². The van der Waals surface area contributed by atoms with Crippen LogP contribution in [0, 0.1) is 17.2 Å². The molecule has 0 saturated carbocycles. The minimum atomic E-state index is -0.789. The van der Waals surface area contributed by atoms with E-state index in [2.05, 4.69) is 16.7 Å². The van der Waals surface area contributed by atoms with Crippen LogP contribution < -0.4 is 10.6 Å². The first-order valence-electron chi connectivity index (χ1n) is 10.4. The molecular weight excluding hydrogens is 457 g/mol. The van der Waals surface area contributed by atoms with E-state index in [4.69, 9.17) is 23.2 Å². The van der Waals surface area contributed by atoms with Crippen LogP contribution in [0.2, 0.25) is 10.0 Å². The summed E-state index contributed by atoms with van der Waals surface area (Å²) in [5.41, 5.74) is 2.25. The fourth-order valence-electron chi connectivity index (χ4n) is 3.43. The van der Waals surface area contributed by atoms with Crippen LogP contribution in [0.3, 0.4) is 0 Å². The van der Waals surface area contributed by atoms with Crippen molar-refractivity contribution in [1.29, 1.82) is 5.26 Å². The van der Waals surface area contributed by atoms with Crippen LogP contribution in [0.25, 0.3) is 0 Å². The molecule has 0 saturated heterocycles. The Morgan fingerprint density at radius 2 is 1.58 bits per heavy atom. The van der Waals surface area contributed by atoms with Crippen molar-refractivity contribution in [2.45, 2.75) is 25.8 Å². The van der Waals surface area contributed by atoms with Gasteiger partial charge in [0, 0.05) is 10.7 Å². The number of benzene rings is 3. The Morgan fingerprint density at radius 3 is 2.18 bits per heavy atom. The SMILES string of the molecule is CC(C)C(NC(=O)c1ccccc1Cl)C(=O)Nc1ccc(C(C#N)c2ccccc2)c(Cl)c1. The van der Waals surface area contributed by atoms with Crippen LogP contribution in [0.4, 0.5) is 5.69 Å². The quantitative estimate of drug-likeness (QED) is 0.433. The zero-order valence-electron chi connectivity index (χ0n) is 18.2. The topological polar surface area (TPSA) is 82.0 Å². The van der Waals surface area contributed by atoms with E-state index in [1.807, 2.05) is 44.2 Å². The fraction of sp³-hybridized carbons (Fsp3) is 0.192. The minimum Gasteiger partial charge on any atom is -0.340 e. The molecule has 3 aromatic carbocycles. The maximum absolute atomic E-state index is 13.0. The first kappa shape index (κ1) is 24.3. The van der Waals surface area contributed by atoms with E-state index in [0.717, 1.165) is 5.56 Å². The zero-order valence-corrected chi connectivity index (χ0v) is 19.7. The highest BCUT2D eigenvalue weighted by atomic mass is 35.5. The van der Waals surface area contributed by atoms with Crippen LogP contribution >= 0.6 is 23.2 Å². The largest absolute Gasteiger partial charge is 0.340 e. The number of rotatable bonds is 7. The number of halogens is 2. The van der Waals surface area contributed by atoms with Gasteiger partial charge in [-0.25, -0.2) is 0 Å². The van der Waals surface area contributed by atoms with Gasteiger partial charge in [0.1, 0.15) is 6.04 Å². The molecule has 0 heterocycles. The van der Waals surface area contributed by atoms with E-state index in [1.54, 1.807) is 42.5 Å². The van der Waals surface area contributed by atoms with Crippen molar-refractivity contribution in [3.63, 3.8) is 0 Å². The predicted molar refractivity (Wildman–Crippen MR) is 132 cm³/mol. The summed E-state index contributed by atoms with van der Waals surface area (Å²) >= 11 is 12.6. The smallest absolute Gasteiger partial charge is 0.253 e. The fourth-order valence-corrected chi connectivity index (χ4v) is 3.94. The molecule has 0 fully saturated rings. The summed E-state index contributed by atoms with van der Waals surface area (Å²) in [6.07, 6.45) is 0. The lowest BCUT2D eigenvalue weighted by atomic mass is 9.92. The Kier molecular flexibility index (Phi) is 8.11. The highest BCUT2D eigenvalue weighted by Crippen LogP contribution is 2.32. The number of nitrogens with zero attached hydrogens (tertiary/aromatic N) is 1. The second-order valence-corrected chi connectivity index (χ2v) is 8.69. The van der Waals surface area contributed by atoms with Crippen molar-refractivity contribution in [3.8, 4) is 6.07 Å². The van der Waals surface area contributed by atoms with E-state index in [-0.39, 0.29) is 11.8 Å². The van der Waals surface area contributed by atoms with Gasteiger partial charge >= 0.3 is 0 Å². The van der Waals surface area contributed by atoms with Crippen molar-refractivity contribution >= 4 is 40.7 Å². The average molecular weight is 480 g/mol. The molecule has 0 bridgehead atoms. The second-order valence-electron chi connectivity index (χ2n) is 7.87. The number of nitrogens with one attached hydrogen (secondary N) is 2. The van der Waals surface area contributed by atoms with Gasteiger partial charge in [-0.05, 0) is 41.3 Å². The summed E-state index contributed by atoms with van der Waals surface area (Å²) < 4.78 is 0. The van der Waals surface area contributed by atoms with Crippen molar-refractivity contribution in [1.82, 2.24) is 5.32 Å². The number of carbonyl (C=O) groups is 2. The summed E-state index contributed by atoms with van der Waals surface area (Å²) in [5.74, 6) is -1.51. The molecule has 0 aliphatic carbocycles. The van der Waals surface area contributed by atoms with Crippen LogP contribution in [-0.4, -0.2) is 17.9 Å². The van der Waals surface area contributed by atoms with E-state index < -0.39 is 17.9 Å². The number of anilines is 1. The Labute approximate surface area is 203 Å². The molecule has 0 spiro atoms. The normalized spacial score (nSPS) is 12.5. The third-order valence-electron chi connectivity index (χ3n) is 5.20. The summed E-state index contributed by atoms with van der Waals surface area (Å²) in [6.45, 7) is 3.68. The average Bonchev–Trinajstić information content (AvgIpc) is 2.80. The molecule has 33 heavy (non-hydrogen) atoms. The van der Waals surface area contributed by atoms with Gasteiger partial charge in [0.25, 0.3) is 5.91 Å². The summed E-state index contributed by atoms with van der Waals surface area (Å²) in [6, 6.07) is 22.5. The highest BCUT2D eigenvalue weighted by molar-refractivity contribution is 6.34. The third-order valence-corrected chi connectivity index (χ3v) is 5.85. The van der Waals surface area contributed by atoms with E-state index in [9.17, 15) is 14.9 Å². The summed E-state index contributed by atoms with van der Waals surface area (Å²) in [4.78, 5) is 25.6. The van der Waals surface area contributed by atoms with Gasteiger partial charge in [0.2, 0.25) is 5.91 Å². The molecule has 7 heteroatoms. The maximum Gasteiger partial charge on any atom is 0.253 e. The number of hydrogen-bond donors (Lipinski definition) is 2. The van der Waals surface area contributed by atoms with Gasteiger partial charge < -0.3 is 10.6 Å². The monoisotopic (exact) mass is 479 g/mol. The molecule has 3 aromatic rings. The lowest BCUT2D eigenvalue weighted by molar-refractivity contribution is -0.118. The van der Waals surface area contributed by atoms with E-state index in [1.165, 1.54) is 0 Å². The second kappa shape index (κ2) is 11.0. The zero-order chi connectivity index (χ0) is 24.0. The molecule has 2 amide bonds. The maximum atomic E-state index is 13.0. The molecule has 2 atom stereocenters. The molecule has 0 aromatic heterocycles. The number of amides is 2. The lowest BCUT2D eigenvalue weighted by Crippen LogP contribution is -2.47. The van der Waals surface area contributed by atoms with Crippen molar-refractivity contribution in [3.05, 3.63) is 99.5 Å². The van der Waals surface area contributed by atoms with Crippen molar-refractivity contribution in [2.75, 3.05) is 5.32 Å². The summed E-state index contributed by atoms with van der Waals surface area (Å²) in [5, 5.41) is 15.9. The molecule has 0 aliphatic rings. The van der Waals surface area contributed by atoms with Gasteiger partial charge in [-0.3, -0.25) is 9.59 Å². The first-order chi connectivity index (χ1) is 15.8. The van der Waals surface area contributed by atoms with Crippen molar-refractivity contribution in [2.24, 2.45) is 5.92 Å². The standard InChI is InChI=1S/C26H23Cl2N3O2/c1-16(2)24(31-25(32)20-10-6-7-11-22(20)27)26(33)30-18-12-13-19(23(28)14-18)21(15-29)17-8-4-3-5-9-17/h3-14,16,21,24H,1-2H3,(H,30,33)(H,31,32). The number of carbonyl (C=O) groups excluding carboxylic acids is 2. The molecule has 168 valence electrons. The van der Waals surface area contributed by atoms with E-state index in [0.29, 0.717) is 26.9 Å². The molecule has 0 aliphatic heterocycles. The molecule has 5 nitrogen and oxygen atoms in total. The Hall–Kier alpha value is -3.33. The van der Waals surface area contributed by atoms with Gasteiger partial charge in [-0.1, -0.05) is 85.6 Å². The Bertz CT molecular complexity index is 1190. The molecule has 2 N–H and O–H groups in total. The van der Waals surface area contributed by atoms with Gasteiger partial charge in [-0.15, -0.1) is 0 Å². The molecular formula is C26H23Cl2N3O2. The van der Waals surface area contributed by atoms with Crippen molar-refractivity contribution < 1.29 is 9.59 Å². The number of nitriles is 1. The van der Waals surface area contributed by atoms with Crippen LogP contribution in [0.1, 0.15) is 41.3 Å². The predicted octanol–water partition coefficient (Wildman–Crippen LogP) is 6.04. The molecule has 0 radical (unpaired) electrons. The summed E-state index contributed by atoms with van der Waals surface area (Å²) in [7, 11) is 0. The van der Waals surface area contributed by atoms with Crippen LogP contribution in [-0.2, 0) is 4.79 Å². The Balaban J connectivity index is 1.76. The van der Waals surface area contributed by atoms with Crippen LogP contribution in [0.5, 0.6) is 0 Å². The molecule has 3 rings (SSSR count). The van der Waals surface area contributed by atoms with Crippen LogP contribution in [0.15, 0.2) is 72.8 Å². The van der Waals surface area contributed by atoms with Gasteiger partial charge in [0.05, 0.1) is 22.6 Å². The Morgan fingerprint density at radius 1 is 0.909 bits per heavy atom. The lowest BCUT2D eigenvalue weighted by Gasteiger charge is -2.22.